The highest BCUT2D eigenvalue weighted by Gasteiger charge is 2.64. The van der Waals surface area contributed by atoms with Crippen molar-refractivity contribution in [2.75, 3.05) is 18.0 Å². The number of halogens is 1. The van der Waals surface area contributed by atoms with Crippen molar-refractivity contribution in [3.05, 3.63) is 58.1 Å². The number of benzene rings is 2. The van der Waals surface area contributed by atoms with Crippen LogP contribution in [0.5, 0.6) is 5.75 Å². The van der Waals surface area contributed by atoms with Crippen molar-refractivity contribution in [2.45, 2.75) is 59.6 Å². The highest BCUT2D eigenvalue weighted by atomic mass is 35.5. The maximum Gasteiger partial charge on any atom is 0.306 e. The third-order valence-electron chi connectivity index (χ3n) is 8.16. The van der Waals surface area contributed by atoms with E-state index in [1.54, 1.807) is 12.1 Å². The number of piperidine rings is 1. The number of carbonyl (C=O) groups excluding carboxylic acids is 1. The molecule has 1 amide bonds. The molecule has 37 heavy (non-hydrogen) atoms. The van der Waals surface area contributed by atoms with Gasteiger partial charge in [-0.2, -0.15) is 5.26 Å². The monoisotopic (exact) mass is 523 g/mol. The molecular weight excluding hydrogens is 490 g/mol. The Morgan fingerprint density at radius 2 is 1.68 bits per heavy atom. The van der Waals surface area contributed by atoms with Crippen LogP contribution >= 0.6 is 11.6 Å². The van der Waals surface area contributed by atoms with Gasteiger partial charge in [0, 0.05) is 46.8 Å². The Balaban J connectivity index is 1.42. The first kappa shape index (κ1) is 26.8. The Morgan fingerprint density at radius 1 is 1.08 bits per heavy atom. The lowest BCUT2D eigenvalue weighted by Crippen LogP contribution is -2.74. The second kappa shape index (κ2) is 9.90. The number of carbonyl (C=O) groups is 2. The molecule has 1 aliphatic heterocycles. The smallest absolute Gasteiger partial charge is 0.306 e. The molecule has 4 rings (SSSR count). The molecule has 1 saturated heterocycles. The third kappa shape index (κ3) is 4.87. The zero-order chi connectivity index (χ0) is 27.1. The summed E-state index contributed by atoms with van der Waals surface area (Å²) in [5.74, 6) is -0.501. The molecule has 1 aliphatic carbocycles. The molecule has 0 radical (unpaired) electrons. The van der Waals surface area contributed by atoms with Gasteiger partial charge in [-0.1, -0.05) is 39.3 Å². The Bertz CT molecular complexity index is 1230. The first-order valence-corrected chi connectivity index (χ1v) is 13.0. The molecule has 2 N–H and O–H groups in total. The molecule has 0 atom stereocenters. The lowest BCUT2D eigenvalue weighted by atomic mass is 9.49. The summed E-state index contributed by atoms with van der Waals surface area (Å²) in [5.41, 5.74) is 2.02. The van der Waals surface area contributed by atoms with Crippen molar-refractivity contribution >= 4 is 29.2 Å². The van der Waals surface area contributed by atoms with Gasteiger partial charge in [0.1, 0.15) is 17.9 Å². The topological polar surface area (TPSA) is 103 Å². The number of rotatable bonds is 6. The van der Waals surface area contributed by atoms with Gasteiger partial charge < -0.3 is 20.1 Å². The zero-order valence-electron chi connectivity index (χ0n) is 22.0. The lowest BCUT2D eigenvalue weighted by molar-refractivity contribution is -0.164. The number of aliphatic carboxylic acids is 1. The van der Waals surface area contributed by atoms with Crippen LogP contribution in [0.4, 0.5) is 5.69 Å². The molecule has 7 nitrogen and oxygen atoms in total. The van der Waals surface area contributed by atoms with Gasteiger partial charge in [-0.3, -0.25) is 9.59 Å². The lowest BCUT2D eigenvalue weighted by Gasteiger charge is -2.63. The minimum Gasteiger partial charge on any atom is -0.489 e. The second-order valence-electron chi connectivity index (χ2n) is 11.4. The van der Waals surface area contributed by atoms with E-state index in [-0.39, 0.29) is 34.8 Å². The van der Waals surface area contributed by atoms with Crippen molar-refractivity contribution in [1.82, 2.24) is 5.32 Å². The van der Waals surface area contributed by atoms with Crippen LogP contribution in [0.25, 0.3) is 0 Å². The Labute approximate surface area is 223 Å². The highest BCUT2D eigenvalue weighted by Crippen LogP contribution is 2.56. The fourth-order valence-corrected chi connectivity index (χ4v) is 6.43. The minimum absolute atomic E-state index is 0.124. The number of nitrogens with zero attached hydrogens (tertiary/aromatic N) is 2. The Hall–Kier alpha value is -3.24. The number of anilines is 1. The van der Waals surface area contributed by atoms with E-state index in [0.29, 0.717) is 47.8 Å². The van der Waals surface area contributed by atoms with E-state index >= 15 is 0 Å². The van der Waals surface area contributed by atoms with Crippen molar-refractivity contribution in [1.29, 1.82) is 5.26 Å². The molecule has 0 unspecified atom stereocenters. The average molecular weight is 524 g/mol. The van der Waals surface area contributed by atoms with Gasteiger partial charge in [0.25, 0.3) is 5.91 Å². The number of nitriles is 1. The summed E-state index contributed by atoms with van der Waals surface area (Å²) in [6, 6.07) is 12.9. The SMILES string of the molecule is Cc1c(OC2C(C)(C)C(NC(=O)c3ccc(N4CCC(C(=O)O)CC4)cc3)C2(C)C)ccc(C#N)c1Cl. The van der Waals surface area contributed by atoms with Crippen LogP contribution in [0.1, 0.15) is 62.0 Å². The second-order valence-corrected chi connectivity index (χ2v) is 11.7. The largest absolute Gasteiger partial charge is 0.489 e. The molecule has 1 heterocycles. The first-order chi connectivity index (χ1) is 17.4. The summed E-state index contributed by atoms with van der Waals surface area (Å²) >= 11 is 6.34. The van der Waals surface area contributed by atoms with Crippen molar-refractivity contribution < 1.29 is 19.4 Å². The number of hydrogen-bond acceptors (Lipinski definition) is 5. The number of carboxylic acids is 1. The molecule has 0 bridgehead atoms. The summed E-state index contributed by atoms with van der Waals surface area (Å²) in [4.78, 5) is 26.6. The van der Waals surface area contributed by atoms with Gasteiger partial charge in [0.05, 0.1) is 16.5 Å². The van der Waals surface area contributed by atoms with E-state index in [4.69, 9.17) is 16.3 Å². The summed E-state index contributed by atoms with van der Waals surface area (Å²) < 4.78 is 6.43. The number of ether oxygens (including phenoxy) is 1. The summed E-state index contributed by atoms with van der Waals surface area (Å²) in [7, 11) is 0. The van der Waals surface area contributed by atoms with E-state index in [2.05, 4.69) is 44.0 Å². The standard InChI is InChI=1S/C29H34ClN3O4/c1-17-22(11-8-20(16-31)23(17)30)37-27-28(2,3)26(29(27,4)5)32-24(34)18-6-9-21(10-7-18)33-14-12-19(13-15-33)25(35)36/h6-11,19,26-27H,12-15H2,1-5H3,(H,32,34)(H,35,36). The molecule has 0 spiro atoms. The zero-order valence-corrected chi connectivity index (χ0v) is 22.7. The number of hydrogen-bond donors (Lipinski definition) is 2. The molecule has 1 saturated carbocycles. The van der Waals surface area contributed by atoms with E-state index < -0.39 is 5.97 Å². The fourth-order valence-electron chi connectivity index (χ4n) is 6.23. The summed E-state index contributed by atoms with van der Waals surface area (Å²) in [6.45, 7) is 11.6. The minimum atomic E-state index is -0.725. The molecule has 196 valence electrons. The van der Waals surface area contributed by atoms with Crippen LogP contribution in [0.2, 0.25) is 5.02 Å². The fraction of sp³-hybridized carbons (Fsp3) is 0.483. The molecule has 0 aromatic heterocycles. The van der Waals surface area contributed by atoms with E-state index in [1.165, 1.54) is 0 Å². The van der Waals surface area contributed by atoms with Crippen molar-refractivity contribution in [3.63, 3.8) is 0 Å². The van der Waals surface area contributed by atoms with Gasteiger partial charge >= 0.3 is 5.97 Å². The maximum absolute atomic E-state index is 13.2. The summed E-state index contributed by atoms with van der Waals surface area (Å²) in [6.07, 6.45) is 1.07. The summed E-state index contributed by atoms with van der Waals surface area (Å²) in [5, 5.41) is 22.1. The van der Waals surface area contributed by atoms with Crippen LogP contribution < -0.4 is 15.0 Å². The van der Waals surface area contributed by atoms with Crippen LogP contribution in [-0.4, -0.2) is 42.2 Å². The molecule has 2 fully saturated rings. The van der Waals surface area contributed by atoms with E-state index in [1.807, 2.05) is 31.2 Å². The number of nitrogens with one attached hydrogen (secondary N) is 1. The van der Waals surface area contributed by atoms with Gasteiger partial charge in [-0.05, 0) is 56.2 Å². The van der Waals surface area contributed by atoms with Crippen LogP contribution in [-0.2, 0) is 4.79 Å². The molecule has 2 aromatic rings. The first-order valence-electron chi connectivity index (χ1n) is 12.6. The van der Waals surface area contributed by atoms with Crippen molar-refractivity contribution in [2.24, 2.45) is 16.7 Å². The number of amides is 1. The highest BCUT2D eigenvalue weighted by molar-refractivity contribution is 6.32. The Kier molecular flexibility index (Phi) is 7.18. The van der Waals surface area contributed by atoms with Gasteiger partial charge in [-0.15, -0.1) is 0 Å². The van der Waals surface area contributed by atoms with Crippen LogP contribution in [0, 0.1) is 35.0 Å². The normalized spacial score (nSPS) is 22.5. The van der Waals surface area contributed by atoms with E-state index in [9.17, 15) is 20.0 Å². The maximum atomic E-state index is 13.2. The predicted molar refractivity (Wildman–Crippen MR) is 143 cm³/mol. The quantitative estimate of drug-likeness (QED) is 0.523. The van der Waals surface area contributed by atoms with E-state index in [0.717, 1.165) is 11.3 Å². The Morgan fingerprint density at radius 3 is 2.22 bits per heavy atom. The third-order valence-corrected chi connectivity index (χ3v) is 8.64. The predicted octanol–water partition coefficient (Wildman–Crippen LogP) is 5.43. The van der Waals surface area contributed by atoms with Gasteiger partial charge in [0.15, 0.2) is 0 Å². The molecule has 2 aromatic carbocycles. The number of carboxylic acid groups (broad SMARTS) is 1. The van der Waals surface area contributed by atoms with Crippen LogP contribution in [0.3, 0.4) is 0 Å². The van der Waals surface area contributed by atoms with Crippen molar-refractivity contribution in [3.8, 4) is 11.8 Å². The van der Waals surface area contributed by atoms with Gasteiger partial charge in [0.2, 0.25) is 0 Å². The average Bonchev–Trinajstić information content (AvgIpc) is 2.87. The van der Waals surface area contributed by atoms with Crippen LogP contribution in [0.15, 0.2) is 36.4 Å². The van der Waals surface area contributed by atoms with Gasteiger partial charge in [-0.25, -0.2) is 0 Å². The molecule has 2 aliphatic rings. The molecule has 8 heteroatoms. The molecular formula is C29H34ClN3O4.